The molecule has 1 aliphatic rings. The lowest BCUT2D eigenvalue weighted by Crippen LogP contribution is -2.10. The van der Waals surface area contributed by atoms with Gasteiger partial charge in [0.05, 0.1) is 11.0 Å². The first kappa shape index (κ1) is 13.9. The Kier molecular flexibility index (Phi) is 3.48. The number of sulfone groups is 1. The van der Waals surface area contributed by atoms with E-state index in [0.717, 1.165) is 5.56 Å². The molecule has 0 saturated carbocycles. The van der Waals surface area contributed by atoms with Crippen LogP contribution in [0.15, 0.2) is 36.4 Å². The van der Waals surface area contributed by atoms with Gasteiger partial charge >= 0.3 is 0 Å². The highest BCUT2D eigenvalue weighted by atomic mass is 35.5. The number of fused-ring (bicyclic) bond motifs is 1. The quantitative estimate of drug-likeness (QED) is 0.792. The molecule has 3 rings (SSSR count). The Morgan fingerprint density at radius 1 is 1.20 bits per heavy atom. The fourth-order valence-corrected chi connectivity index (χ4v) is 5.06. The van der Waals surface area contributed by atoms with E-state index in [1.807, 2.05) is 30.3 Å². The van der Waals surface area contributed by atoms with Crippen molar-refractivity contribution in [1.29, 1.82) is 0 Å². The van der Waals surface area contributed by atoms with Gasteiger partial charge in [-0.3, -0.25) is 0 Å². The second kappa shape index (κ2) is 5.02. The molecule has 1 aromatic carbocycles. The highest BCUT2D eigenvalue weighted by molar-refractivity contribution is 7.91. The van der Waals surface area contributed by atoms with Gasteiger partial charge in [-0.05, 0) is 23.6 Å². The molecular weight excluding hydrogens is 317 g/mol. The summed E-state index contributed by atoms with van der Waals surface area (Å²) >= 11 is 11.9. The molecule has 1 aromatic heterocycles. The summed E-state index contributed by atoms with van der Waals surface area (Å²) in [5, 5.41) is -0.187. The van der Waals surface area contributed by atoms with Gasteiger partial charge < -0.3 is 0 Å². The summed E-state index contributed by atoms with van der Waals surface area (Å²) in [5.74, 6) is -0.0666. The van der Waals surface area contributed by atoms with Crippen LogP contribution in [0, 0.1) is 0 Å². The first-order chi connectivity index (χ1) is 9.47. The van der Waals surface area contributed by atoms with Crippen molar-refractivity contribution in [2.75, 3.05) is 0 Å². The second-order valence-corrected chi connectivity index (χ2v) is 7.72. The highest BCUT2D eigenvalue weighted by Crippen LogP contribution is 2.42. The van der Waals surface area contributed by atoms with Crippen molar-refractivity contribution in [1.82, 2.24) is 4.98 Å². The van der Waals surface area contributed by atoms with Crippen LogP contribution >= 0.6 is 23.2 Å². The molecule has 0 aliphatic carbocycles. The SMILES string of the molecule is O=S1(=O)Cc2c(cc(Cl)nc2Cl)[C@H]1Cc1ccccc1. The number of halogens is 2. The lowest BCUT2D eigenvalue weighted by Gasteiger charge is -2.11. The second-order valence-electron chi connectivity index (χ2n) is 4.79. The monoisotopic (exact) mass is 327 g/mol. The molecule has 2 aromatic rings. The minimum absolute atomic E-state index is 0.0666. The molecule has 0 unspecified atom stereocenters. The zero-order chi connectivity index (χ0) is 14.3. The number of hydrogen-bond acceptors (Lipinski definition) is 3. The average molecular weight is 328 g/mol. The maximum absolute atomic E-state index is 12.4. The van der Waals surface area contributed by atoms with Gasteiger partial charge in [0.2, 0.25) is 0 Å². The lowest BCUT2D eigenvalue weighted by atomic mass is 10.0. The van der Waals surface area contributed by atoms with E-state index in [-0.39, 0.29) is 16.1 Å². The van der Waals surface area contributed by atoms with Crippen molar-refractivity contribution in [3.63, 3.8) is 0 Å². The van der Waals surface area contributed by atoms with Gasteiger partial charge in [0.25, 0.3) is 0 Å². The third-order valence-electron chi connectivity index (χ3n) is 3.47. The standard InChI is InChI=1S/C14H11Cl2NO2S/c15-13-7-10-11(14(16)17-13)8-20(18,19)12(10)6-9-4-2-1-3-5-9/h1-5,7,12H,6,8H2/t12-/m1/s1. The smallest absolute Gasteiger partial charge is 0.161 e. The number of nitrogens with zero attached hydrogens (tertiary/aromatic N) is 1. The van der Waals surface area contributed by atoms with Crippen LogP contribution in [0.2, 0.25) is 10.3 Å². The molecule has 0 amide bonds. The summed E-state index contributed by atoms with van der Waals surface area (Å²) in [4.78, 5) is 3.92. The summed E-state index contributed by atoms with van der Waals surface area (Å²) in [6.07, 6.45) is 0.423. The van der Waals surface area contributed by atoms with Gasteiger partial charge in [-0.2, -0.15) is 0 Å². The van der Waals surface area contributed by atoms with E-state index < -0.39 is 15.1 Å². The van der Waals surface area contributed by atoms with Gasteiger partial charge in [-0.15, -0.1) is 0 Å². The molecule has 2 heterocycles. The maximum atomic E-state index is 12.4. The van der Waals surface area contributed by atoms with Crippen molar-refractivity contribution in [2.45, 2.75) is 17.4 Å². The van der Waals surface area contributed by atoms with E-state index >= 15 is 0 Å². The van der Waals surface area contributed by atoms with E-state index in [9.17, 15) is 8.42 Å². The van der Waals surface area contributed by atoms with Crippen molar-refractivity contribution >= 4 is 33.0 Å². The number of pyridine rings is 1. The molecular formula is C14H11Cl2NO2S. The molecule has 0 spiro atoms. The lowest BCUT2D eigenvalue weighted by molar-refractivity contribution is 0.586. The molecule has 20 heavy (non-hydrogen) atoms. The third-order valence-corrected chi connectivity index (χ3v) is 5.95. The van der Waals surface area contributed by atoms with Crippen LogP contribution in [0.1, 0.15) is 21.9 Å². The molecule has 1 aliphatic heterocycles. The summed E-state index contributed by atoms with van der Waals surface area (Å²) < 4.78 is 24.7. The van der Waals surface area contributed by atoms with E-state index in [2.05, 4.69) is 4.98 Å². The predicted molar refractivity (Wildman–Crippen MR) is 79.8 cm³/mol. The van der Waals surface area contributed by atoms with Gasteiger partial charge in [0, 0.05) is 5.56 Å². The summed E-state index contributed by atoms with van der Waals surface area (Å²) in [6.45, 7) is 0. The fraction of sp³-hybridized carbons (Fsp3) is 0.214. The van der Waals surface area contributed by atoms with Crippen LogP contribution in [0.3, 0.4) is 0 Å². The Labute approximate surface area is 127 Å². The van der Waals surface area contributed by atoms with Crippen LogP contribution in [0.25, 0.3) is 0 Å². The van der Waals surface area contributed by atoms with Crippen LogP contribution in [0.4, 0.5) is 0 Å². The normalized spacial score (nSPS) is 19.8. The van der Waals surface area contributed by atoms with Crippen LogP contribution in [0.5, 0.6) is 0 Å². The van der Waals surface area contributed by atoms with Crippen LogP contribution < -0.4 is 0 Å². The number of hydrogen-bond donors (Lipinski definition) is 0. The number of aromatic nitrogens is 1. The molecule has 0 bridgehead atoms. The van der Waals surface area contributed by atoms with Crippen molar-refractivity contribution in [3.05, 3.63) is 63.4 Å². The molecule has 0 saturated heterocycles. The summed E-state index contributed by atoms with van der Waals surface area (Å²) in [7, 11) is -3.27. The van der Waals surface area contributed by atoms with Crippen molar-refractivity contribution in [3.8, 4) is 0 Å². The molecule has 3 nitrogen and oxygen atoms in total. The van der Waals surface area contributed by atoms with Crippen LogP contribution in [-0.4, -0.2) is 13.4 Å². The van der Waals surface area contributed by atoms with Crippen molar-refractivity contribution in [2.24, 2.45) is 0 Å². The summed E-state index contributed by atoms with van der Waals surface area (Å²) in [5.41, 5.74) is 2.23. The average Bonchev–Trinajstić information content (AvgIpc) is 2.64. The van der Waals surface area contributed by atoms with Gasteiger partial charge in [-0.25, -0.2) is 13.4 Å². The van der Waals surface area contributed by atoms with E-state index in [0.29, 0.717) is 17.5 Å². The first-order valence-electron chi connectivity index (χ1n) is 6.07. The number of benzene rings is 1. The zero-order valence-corrected chi connectivity index (χ0v) is 12.7. The third kappa shape index (κ3) is 2.43. The largest absolute Gasteiger partial charge is 0.228 e. The Morgan fingerprint density at radius 3 is 2.60 bits per heavy atom. The van der Waals surface area contributed by atoms with E-state index in [4.69, 9.17) is 23.2 Å². The number of rotatable bonds is 2. The van der Waals surface area contributed by atoms with Gasteiger partial charge in [-0.1, -0.05) is 53.5 Å². The van der Waals surface area contributed by atoms with Crippen molar-refractivity contribution < 1.29 is 8.42 Å². The Hall–Kier alpha value is -1.10. The minimum Gasteiger partial charge on any atom is -0.228 e. The zero-order valence-electron chi connectivity index (χ0n) is 10.4. The Bertz CT molecular complexity index is 760. The van der Waals surface area contributed by atoms with E-state index in [1.165, 1.54) is 0 Å². The maximum Gasteiger partial charge on any atom is 0.161 e. The topological polar surface area (TPSA) is 47.0 Å². The molecule has 104 valence electrons. The molecule has 0 N–H and O–H groups in total. The fourth-order valence-electron chi connectivity index (χ4n) is 2.52. The minimum atomic E-state index is -3.27. The molecule has 0 fully saturated rings. The van der Waals surface area contributed by atoms with Gasteiger partial charge in [0.15, 0.2) is 9.84 Å². The first-order valence-corrected chi connectivity index (χ1v) is 8.55. The molecule has 1 atom stereocenters. The highest BCUT2D eigenvalue weighted by Gasteiger charge is 2.38. The molecule has 0 radical (unpaired) electrons. The summed E-state index contributed by atoms with van der Waals surface area (Å²) in [6, 6.07) is 11.1. The van der Waals surface area contributed by atoms with Crippen LogP contribution in [-0.2, 0) is 22.0 Å². The molecule has 6 heteroatoms. The van der Waals surface area contributed by atoms with E-state index in [1.54, 1.807) is 6.07 Å². The predicted octanol–water partition coefficient (Wildman–Crippen LogP) is 3.60. The van der Waals surface area contributed by atoms with Gasteiger partial charge in [0.1, 0.15) is 10.3 Å². The Morgan fingerprint density at radius 2 is 1.90 bits per heavy atom. The Balaban J connectivity index is 2.08.